The van der Waals surface area contributed by atoms with Gasteiger partial charge in [0.1, 0.15) is 17.4 Å². The summed E-state index contributed by atoms with van der Waals surface area (Å²) in [5, 5.41) is 9.70. The Morgan fingerprint density at radius 2 is 1.79 bits per heavy atom. The van der Waals surface area contributed by atoms with E-state index in [1.54, 1.807) is 31.4 Å². The van der Waals surface area contributed by atoms with Crippen molar-refractivity contribution in [1.82, 2.24) is 14.9 Å². The van der Waals surface area contributed by atoms with E-state index in [0.717, 1.165) is 18.8 Å². The number of fused-ring (bicyclic) bond motifs is 1. The number of ether oxygens (including phenoxy) is 1. The van der Waals surface area contributed by atoms with Gasteiger partial charge in [-0.1, -0.05) is 12.6 Å². The average molecular weight is 530 g/mol. The number of nitrogens with zero attached hydrogens (tertiary/aromatic N) is 4. The van der Waals surface area contributed by atoms with Gasteiger partial charge in [0.05, 0.1) is 18.3 Å². The molecule has 0 fully saturated rings. The molecule has 4 aromatic rings. The first-order valence-electron chi connectivity index (χ1n) is 12.3. The van der Waals surface area contributed by atoms with E-state index >= 15 is 0 Å². The highest BCUT2D eigenvalue weighted by Gasteiger charge is 2.13. The molecule has 39 heavy (non-hydrogen) atoms. The van der Waals surface area contributed by atoms with Crippen LogP contribution in [0.2, 0.25) is 0 Å². The van der Waals surface area contributed by atoms with Crippen LogP contribution in [0.4, 0.5) is 38.9 Å². The van der Waals surface area contributed by atoms with Crippen LogP contribution < -0.4 is 25.6 Å². The summed E-state index contributed by atoms with van der Waals surface area (Å²) in [5.41, 5.74) is 3.47. The van der Waals surface area contributed by atoms with Gasteiger partial charge in [0, 0.05) is 48.7 Å². The van der Waals surface area contributed by atoms with E-state index in [-0.39, 0.29) is 5.91 Å². The lowest BCUT2D eigenvalue weighted by Gasteiger charge is -2.23. The number of carbonyl (C=O) groups is 1. The molecule has 0 saturated heterocycles. The Morgan fingerprint density at radius 3 is 2.54 bits per heavy atom. The predicted molar refractivity (Wildman–Crippen MR) is 156 cm³/mol. The van der Waals surface area contributed by atoms with Crippen molar-refractivity contribution in [3.05, 3.63) is 79.1 Å². The summed E-state index contributed by atoms with van der Waals surface area (Å²) in [7, 11) is 7.73. The smallest absolute Gasteiger partial charge is 0.247 e. The van der Waals surface area contributed by atoms with Crippen molar-refractivity contribution in [2.24, 2.45) is 0 Å². The Hall–Kier alpha value is -4.70. The number of hydrogen-bond donors (Lipinski definition) is 3. The van der Waals surface area contributed by atoms with E-state index in [0.29, 0.717) is 45.5 Å². The highest BCUT2D eigenvalue weighted by Crippen LogP contribution is 2.33. The molecule has 0 atom stereocenters. The van der Waals surface area contributed by atoms with Crippen molar-refractivity contribution in [2.45, 2.75) is 0 Å². The van der Waals surface area contributed by atoms with Crippen molar-refractivity contribution < 1.29 is 13.9 Å². The molecule has 0 aliphatic carbocycles. The topological polar surface area (TPSA) is 94.6 Å². The quantitative estimate of drug-likeness (QED) is 0.223. The first-order valence-corrected chi connectivity index (χ1v) is 12.3. The Labute approximate surface area is 227 Å². The normalized spacial score (nSPS) is 10.8. The number of aromatic nitrogens is 2. The summed E-state index contributed by atoms with van der Waals surface area (Å²) in [6.45, 7) is 5.26. The fraction of sp³-hybridized carbons (Fsp3) is 0.207. The van der Waals surface area contributed by atoms with E-state index < -0.39 is 5.82 Å². The molecule has 0 spiro atoms. The van der Waals surface area contributed by atoms with Crippen LogP contribution in [-0.2, 0) is 4.79 Å². The van der Waals surface area contributed by atoms with Crippen LogP contribution >= 0.6 is 0 Å². The van der Waals surface area contributed by atoms with Crippen molar-refractivity contribution in [1.29, 1.82) is 0 Å². The largest absolute Gasteiger partial charge is 0.494 e. The maximum atomic E-state index is 14.2. The number of anilines is 6. The highest BCUT2D eigenvalue weighted by atomic mass is 19.1. The standard InChI is InChI=1S/C29H32FN7O2/c1-6-27(38)31-20-8-7-9-21(17-20)32-28-23-16-19(30)10-12-24(23)33-29(35-28)34-25-13-11-22(18-26(25)39-5)37(4)15-14-36(2)3/h6-13,16-18H,1,14-15H2,2-5H3,(H,31,38)(H2,32,33,34,35). The van der Waals surface area contributed by atoms with Crippen LogP contribution in [0.3, 0.4) is 0 Å². The molecule has 0 bridgehead atoms. The lowest BCUT2D eigenvalue weighted by atomic mass is 10.2. The lowest BCUT2D eigenvalue weighted by molar-refractivity contribution is -0.111. The second-order valence-electron chi connectivity index (χ2n) is 9.19. The van der Waals surface area contributed by atoms with E-state index in [2.05, 4.69) is 42.3 Å². The number of methoxy groups -OCH3 is 1. The van der Waals surface area contributed by atoms with Crippen molar-refractivity contribution >= 4 is 51.3 Å². The Kier molecular flexibility index (Phi) is 8.57. The van der Waals surface area contributed by atoms with Crippen molar-refractivity contribution in [3.8, 4) is 5.75 Å². The summed E-state index contributed by atoms with van der Waals surface area (Å²) >= 11 is 0. The van der Waals surface area contributed by atoms with Crippen LogP contribution in [0, 0.1) is 5.82 Å². The lowest BCUT2D eigenvalue weighted by Crippen LogP contribution is -2.28. The molecule has 1 heterocycles. The molecule has 0 aliphatic rings. The van der Waals surface area contributed by atoms with Crippen LogP contribution in [0.1, 0.15) is 0 Å². The predicted octanol–water partition coefficient (Wildman–Crippen LogP) is 5.39. The van der Waals surface area contributed by atoms with Crippen molar-refractivity contribution in [2.75, 3.05) is 62.2 Å². The van der Waals surface area contributed by atoms with Gasteiger partial charge >= 0.3 is 0 Å². The summed E-state index contributed by atoms with van der Waals surface area (Å²) in [4.78, 5) is 25.2. The average Bonchev–Trinajstić information content (AvgIpc) is 2.92. The number of nitrogens with one attached hydrogen (secondary N) is 3. The second kappa shape index (κ2) is 12.2. The Bertz CT molecular complexity index is 1490. The zero-order valence-electron chi connectivity index (χ0n) is 22.5. The van der Waals surface area contributed by atoms with E-state index in [1.807, 2.05) is 45.4 Å². The Morgan fingerprint density at radius 1 is 1.00 bits per heavy atom. The van der Waals surface area contributed by atoms with Crippen LogP contribution in [0.25, 0.3) is 10.9 Å². The number of halogens is 1. The second-order valence-corrected chi connectivity index (χ2v) is 9.19. The number of rotatable bonds is 11. The third-order valence-corrected chi connectivity index (χ3v) is 5.99. The molecule has 0 saturated carbocycles. The number of carbonyl (C=O) groups excluding carboxylic acids is 1. The first kappa shape index (κ1) is 27.3. The van der Waals surface area contributed by atoms with E-state index in [1.165, 1.54) is 18.2 Å². The van der Waals surface area contributed by atoms with Gasteiger partial charge in [-0.2, -0.15) is 4.98 Å². The monoisotopic (exact) mass is 529 g/mol. The molecule has 3 N–H and O–H groups in total. The summed E-state index contributed by atoms with van der Waals surface area (Å²) in [6, 6.07) is 17.3. The molecule has 9 nitrogen and oxygen atoms in total. The number of amides is 1. The SMILES string of the molecule is C=CC(=O)Nc1cccc(Nc2nc(Nc3ccc(N(C)CCN(C)C)cc3OC)nc3ccc(F)cc23)c1. The summed E-state index contributed by atoms with van der Waals surface area (Å²) in [6.07, 6.45) is 1.20. The molecule has 3 aromatic carbocycles. The zero-order valence-corrected chi connectivity index (χ0v) is 22.5. The number of hydrogen-bond acceptors (Lipinski definition) is 8. The third-order valence-electron chi connectivity index (χ3n) is 5.99. The minimum atomic E-state index is -0.405. The maximum absolute atomic E-state index is 14.2. The molecule has 0 unspecified atom stereocenters. The number of likely N-dealkylation sites (N-methyl/N-ethyl adjacent to an activating group) is 2. The van der Waals surface area contributed by atoms with Gasteiger partial charge in [-0.3, -0.25) is 4.79 Å². The van der Waals surface area contributed by atoms with Gasteiger partial charge in [-0.15, -0.1) is 0 Å². The van der Waals surface area contributed by atoms with Crippen molar-refractivity contribution in [3.63, 3.8) is 0 Å². The number of benzene rings is 3. The molecular formula is C29H32FN7O2. The van der Waals surface area contributed by atoms with Gasteiger partial charge < -0.3 is 30.5 Å². The molecule has 1 amide bonds. The van der Waals surface area contributed by atoms with Crippen LogP contribution in [0.15, 0.2) is 73.3 Å². The third kappa shape index (κ3) is 6.99. The van der Waals surface area contributed by atoms with Crippen LogP contribution in [-0.4, -0.2) is 62.1 Å². The van der Waals surface area contributed by atoms with E-state index in [4.69, 9.17) is 4.74 Å². The molecule has 1 aromatic heterocycles. The molecule has 0 aliphatic heterocycles. The van der Waals surface area contributed by atoms with Gasteiger partial charge in [-0.05, 0) is 68.7 Å². The van der Waals surface area contributed by atoms with Gasteiger partial charge in [-0.25, -0.2) is 9.37 Å². The van der Waals surface area contributed by atoms with E-state index in [9.17, 15) is 9.18 Å². The minimum Gasteiger partial charge on any atom is -0.494 e. The fourth-order valence-electron chi connectivity index (χ4n) is 3.88. The summed E-state index contributed by atoms with van der Waals surface area (Å²) in [5.74, 6) is 0.606. The van der Waals surface area contributed by atoms with Crippen LogP contribution in [0.5, 0.6) is 5.75 Å². The molecule has 10 heteroatoms. The zero-order chi connectivity index (χ0) is 27.9. The molecule has 0 radical (unpaired) electrons. The molecule has 4 rings (SSSR count). The van der Waals surface area contributed by atoms with Gasteiger partial charge in [0.2, 0.25) is 11.9 Å². The first-order chi connectivity index (χ1) is 18.7. The molecule has 202 valence electrons. The molecular weight excluding hydrogens is 497 g/mol. The summed E-state index contributed by atoms with van der Waals surface area (Å²) < 4.78 is 19.8. The Balaban J connectivity index is 1.65. The maximum Gasteiger partial charge on any atom is 0.247 e. The van der Waals surface area contributed by atoms with Gasteiger partial charge in [0.15, 0.2) is 0 Å². The van der Waals surface area contributed by atoms with Gasteiger partial charge in [0.25, 0.3) is 0 Å². The minimum absolute atomic E-state index is 0.305. The fourth-order valence-corrected chi connectivity index (χ4v) is 3.88. The highest BCUT2D eigenvalue weighted by molar-refractivity contribution is 5.99.